The molecule has 7 aliphatic rings. The third-order valence-electron chi connectivity index (χ3n) is 15.1. The van der Waals surface area contributed by atoms with Crippen molar-refractivity contribution in [1.29, 1.82) is 0 Å². The van der Waals surface area contributed by atoms with E-state index < -0.39 is 261 Å². The zero-order chi connectivity index (χ0) is 73.8. The van der Waals surface area contributed by atoms with E-state index in [9.17, 15) is 102 Å². The summed E-state index contributed by atoms with van der Waals surface area (Å²) < 4.78 is 68.8. The SMILES string of the molecule is CCOC1OC(CO)C(O)C(O)C1O.CCOC1OC(CO)C(O)C(O)C1O.COC1OC(C(O)CO)C(O)C1O.COC1OC(CO)C(O)C(O)C1NC(C)=O.COC1OC(CO)C(O)C(O)C1O.COC1OC(CO)C(O)C(O)C1O.COC1OC(CO)C(O)C(O)C1O. The first-order valence-corrected chi connectivity index (χ1v) is 29.8. The standard InChI is InChI=1S/C9H17NO6.2C8H16O6.4C7H14O6/c1-4(12)10-6-8(14)7(13)5(3-11)16-9(6)15-2;2*1-2-13-8-7(12)6(11)5(10)4(3-9)14-8;1-12-7-5(11)4(10)6(13-7)3(9)2-8;3*1-12-7-6(11)5(10)4(9)3(2-8)13-7/h5-9,11,13-14H,3H2,1-2H3,(H,10,12);2*4-12H,2-3H2,1H3;4*3-11H,2H2,1H3. The molecule has 0 aromatic carbocycles. The van der Waals surface area contributed by atoms with Crippen LogP contribution in [0.5, 0.6) is 0 Å². The summed E-state index contributed by atoms with van der Waals surface area (Å²) in [6, 6.07) is -0.861. The molecule has 7 heterocycles. The number of aliphatic hydroxyl groups is 27. The van der Waals surface area contributed by atoms with Gasteiger partial charge in [0.05, 0.1) is 46.2 Å². The molecule has 7 saturated heterocycles. The summed E-state index contributed by atoms with van der Waals surface area (Å²) in [4.78, 5) is 10.9. The van der Waals surface area contributed by atoms with Crippen molar-refractivity contribution in [2.75, 3.05) is 95.0 Å². The van der Waals surface area contributed by atoms with Gasteiger partial charge in [-0.2, -0.15) is 0 Å². The topological polar surface area (TPSA) is 705 Å². The highest BCUT2D eigenvalue weighted by Crippen LogP contribution is 2.28. The highest BCUT2D eigenvalue weighted by atomic mass is 16.7. The highest BCUT2D eigenvalue weighted by molar-refractivity contribution is 5.73. The monoisotopic (exact) mass is 1430 g/mol. The average molecular weight is 1430 g/mol. The van der Waals surface area contributed by atoms with Crippen molar-refractivity contribution in [3.05, 3.63) is 0 Å². The summed E-state index contributed by atoms with van der Waals surface area (Å²) in [7, 11) is 6.55. The Hall–Kier alpha value is -2.17. The second-order valence-electron chi connectivity index (χ2n) is 21.7. The number of methoxy groups -OCH3 is 5. The summed E-state index contributed by atoms with van der Waals surface area (Å²) in [6.07, 6.45) is -39.5. The molecule has 0 aliphatic carbocycles. The van der Waals surface area contributed by atoms with Crippen molar-refractivity contribution in [1.82, 2.24) is 5.32 Å². The molecule has 7 rings (SSSR count). The van der Waals surface area contributed by atoms with Gasteiger partial charge in [-0.15, -0.1) is 0 Å². The third-order valence-corrected chi connectivity index (χ3v) is 15.1. The number of carbonyl (C=O) groups excluding carboxylic acids is 1. The van der Waals surface area contributed by atoms with E-state index in [0.717, 1.165) is 0 Å². The Morgan fingerprint density at radius 3 is 0.760 bits per heavy atom. The predicted molar refractivity (Wildman–Crippen MR) is 306 cm³/mol. The maximum absolute atomic E-state index is 10.9. The van der Waals surface area contributed by atoms with Gasteiger partial charge in [-0.3, -0.25) is 4.79 Å². The van der Waals surface area contributed by atoms with Crippen LogP contribution >= 0.6 is 0 Å². The molecule has 7 fully saturated rings. The van der Waals surface area contributed by atoms with E-state index in [1.165, 1.54) is 42.5 Å². The predicted octanol–water partition coefficient (Wildman–Crippen LogP) is -17.0. The van der Waals surface area contributed by atoms with E-state index in [1.807, 2.05) is 0 Å². The summed E-state index contributed by atoms with van der Waals surface area (Å²) >= 11 is 0. The van der Waals surface area contributed by atoms with Crippen LogP contribution in [0.25, 0.3) is 0 Å². The van der Waals surface area contributed by atoms with Crippen LogP contribution in [0, 0.1) is 0 Å². The first kappa shape index (κ1) is 91.8. The molecular formula is C53H105NO42. The van der Waals surface area contributed by atoms with Crippen molar-refractivity contribution in [2.45, 2.75) is 236 Å². The Kier molecular flexibility index (Phi) is 44.4. The van der Waals surface area contributed by atoms with Gasteiger partial charge in [0.2, 0.25) is 5.91 Å². The Bertz CT molecular complexity index is 1820. The Morgan fingerprint density at radius 1 is 0.323 bits per heavy atom. The van der Waals surface area contributed by atoms with Crippen molar-refractivity contribution in [3.8, 4) is 0 Å². The van der Waals surface area contributed by atoms with Crippen molar-refractivity contribution in [3.63, 3.8) is 0 Å². The van der Waals surface area contributed by atoms with Gasteiger partial charge in [-0.05, 0) is 13.8 Å². The van der Waals surface area contributed by atoms with Gasteiger partial charge >= 0.3 is 0 Å². The molecule has 35 unspecified atom stereocenters. The molecule has 43 nitrogen and oxygen atoms in total. The summed E-state index contributed by atoms with van der Waals surface area (Å²) in [6.45, 7) is 2.15. The fraction of sp³-hybridized carbons (Fsp3) is 0.981. The van der Waals surface area contributed by atoms with Gasteiger partial charge < -0.3 is 210 Å². The Labute approximate surface area is 549 Å². The summed E-state index contributed by atoms with van der Waals surface area (Å²) in [5, 5.41) is 251. The molecule has 96 heavy (non-hydrogen) atoms. The molecule has 35 atom stereocenters. The summed E-state index contributed by atoms with van der Waals surface area (Å²) in [5.41, 5.74) is 0. The van der Waals surface area contributed by atoms with Gasteiger partial charge in [-0.1, -0.05) is 0 Å². The van der Waals surface area contributed by atoms with E-state index in [-0.39, 0.29) is 5.91 Å². The molecule has 0 saturated carbocycles. The van der Waals surface area contributed by atoms with Gasteiger partial charge in [0.15, 0.2) is 44.0 Å². The van der Waals surface area contributed by atoms with E-state index >= 15 is 0 Å². The molecule has 28 N–H and O–H groups in total. The lowest BCUT2D eigenvalue weighted by Gasteiger charge is -2.41. The minimum atomic E-state index is -1.36. The minimum absolute atomic E-state index is 0.308. The maximum atomic E-state index is 10.9. The normalized spacial score (nSPS) is 43.9. The zero-order valence-corrected chi connectivity index (χ0v) is 53.8. The minimum Gasteiger partial charge on any atom is -0.394 e. The number of ether oxygens (including phenoxy) is 14. The molecule has 0 spiro atoms. The van der Waals surface area contributed by atoms with E-state index in [1.54, 1.807) is 13.8 Å². The Morgan fingerprint density at radius 2 is 0.542 bits per heavy atom. The molecule has 0 radical (unpaired) electrons. The second kappa shape index (κ2) is 46.4. The van der Waals surface area contributed by atoms with Crippen LogP contribution in [0.4, 0.5) is 0 Å². The number of amides is 1. The van der Waals surface area contributed by atoms with Crippen LogP contribution in [0.3, 0.4) is 0 Å². The molecule has 1 amide bonds. The van der Waals surface area contributed by atoms with Crippen LogP contribution in [0.1, 0.15) is 20.8 Å². The molecule has 0 bridgehead atoms. The van der Waals surface area contributed by atoms with E-state index in [4.69, 9.17) is 107 Å². The fourth-order valence-corrected chi connectivity index (χ4v) is 9.49. The van der Waals surface area contributed by atoms with Crippen molar-refractivity contribution < 1.29 is 209 Å². The van der Waals surface area contributed by atoms with Gasteiger partial charge in [0.1, 0.15) is 171 Å². The first-order valence-electron chi connectivity index (χ1n) is 29.8. The smallest absolute Gasteiger partial charge is 0.217 e. The average Bonchev–Trinajstić information content (AvgIpc) is 1.74. The molecular weight excluding hydrogens is 1320 g/mol. The van der Waals surface area contributed by atoms with Crippen LogP contribution in [0.15, 0.2) is 0 Å². The number of carbonyl (C=O) groups is 1. The third kappa shape index (κ3) is 25.7. The van der Waals surface area contributed by atoms with Crippen LogP contribution in [-0.2, 0) is 71.1 Å². The van der Waals surface area contributed by atoms with Crippen LogP contribution < -0.4 is 5.32 Å². The quantitative estimate of drug-likeness (QED) is 0.0606. The maximum Gasteiger partial charge on any atom is 0.217 e. The van der Waals surface area contributed by atoms with Crippen LogP contribution in [0.2, 0.25) is 0 Å². The highest BCUT2D eigenvalue weighted by Gasteiger charge is 2.50. The molecule has 7 aliphatic heterocycles. The molecule has 574 valence electrons. The van der Waals surface area contributed by atoms with Gasteiger partial charge in [0.25, 0.3) is 0 Å². The van der Waals surface area contributed by atoms with E-state index in [2.05, 4.69) is 5.32 Å². The lowest BCUT2D eigenvalue weighted by atomic mass is 9.97. The summed E-state index contributed by atoms with van der Waals surface area (Å²) in [5.74, 6) is -0.371. The first-order chi connectivity index (χ1) is 45.2. The second-order valence-corrected chi connectivity index (χ2v) is 21.7. The van der Waals surface area contributed by atoms with Crippen molar-refractivity contribution in [2.24, 2.45) is 0 Å². The lowest BCUT2D eigenvalue weighted by Crippen LogP contribution is -2.64. The van der Waals surface area contributed by atoms with Crippen LogP contribution in [-0.4, -0.2) is 454 Å². The molecule has 0 aromatic rings. The van der Waals surface area contributed by atoms with Gasteiger partial charge in [-0.25, -0.2) is 0 Å². The number of hydrogen-bond acceptors (Lipinski definition) is 42. The Balaban J connectivity index is 0.000000561. The lowest BCUT2D eigenvalue weighted by molar-refractivity contribution is -0.300. The number of nitrogens with one attached hydrogen (secondary N) is 1. The molecule has 43 heteroatoms. The fourth-order valence-electron chi connectivity index (χ4n) is 9.49. The largest absolute Gasteiger partial charge is 0.394 e. The number of aliphatic hydroxyl groups excluding tert-OH is 27. The van der Waals surface area contributed by atoms with Gasteiger partial charge in [0, 0.05) is 55.7 Å². The van der Waals surface area contributed by atoms with Crippen molar-refractivity contribution >= 4 is 5.91 Å². The van der Waals surface area contributed by atoms with E-state index in [0.29, 0.717) is 13.2 Å². The zero-order valence-electron chi connectivity index (χ0n) is 53.8. The number of rotatable bonds is 18. The number of hydrogen-bond donors (Lipinski definition) is 28. The molecule has 0 aromatic heterocycles.